The van der Waals surface area contributed by atoms with E-state index in [1.54, 1.807) is 6.07 Å². The normalized spacial score (nSPS) is 9.69. The Labute approximate surface area is 76.5 Å². The van der Waals surface area contributed by atoms with Crippen LogP contribution in [0.15, 0.2) is 6.07 Å². The Hall–Kier alpha value is -1.65. The predicted molar refractivity (Wildman–Crippen MR) is 49.0 cm³/mol. The predicted octanol–water partition coefficient (Wildman–Crippen LogP) is 0.332. The summed E-state index contributed by atoms with van der Waals surface area (Å²) in [6, 6.07) is 1.54. The number of nitrogens with one attached hydrogen (secondary N) is 1. The van der Waals surface area contributed by atoms with Gasteiger partial charge in [0.15, 0.2) is 0 Å². The molecule has 0 amide bonds. The third kappa shape index (κ3) is 2.14. The van der Waals surface area contributed by atoms with Crippen LogP contribution in [-0.4, -0.2) is 22.9 Å². The highest BCUT2D eigenvalue weighted by molar-refractivity contribution is 5.93. The number of ether oxygens (including phenoxy) is 1. The molecule has 1 heterocycles. The maximum absolute atomic E-state index is 7.21. The van der Waals surface area contributed by atoms with Crippen molar-refractivity contribution in [3.63, 3.8) is 0 Å². The molecule has 1 rings (SSSR count). The van der Waals surface area contributed by atoms with Crippen LogP contribution in [-0.2, 0) is 6.42 Å². The zero-order valence-corrected chi connectivity index (χ0v) is 7.66. The fourth-order valence-electron chi connectivity index (χ4n) is 0.873. The highest BCUT2D eigenvalue weighted by Crippen LogP contribution is 2.08. The molecular formula is C8H12N4O. The molecule has 1 aromatic rings. The maximum Gasteiger partial charge on any atom is 0.217 e. The minimum absolute atomic E-state index is 0.0737. The van der Waals surface area contributed by atoms with Gasteiger partial charge in [0.05, 0.1) is 7.11 Å². The second-order valence-corrected chi connectivity index (χ2v) is 2.48. The highest BCUT2D eigenvalue weighted by Gasteiger charge is 2.05. The Morgan fingerprint density at radius 1 is 1.62 bits per heavy atom. The van der Waals surface area contributed by atoms with Crippen molar-refractivity contribution in [1.82, 2.24) is 9.97 Å². The smallest absolute Gasteiger partial charge is 0.217 e. The summed E-state index contributed by atoms with van der Waals surface area (Å²) in [5.74, 6) is 0.997. The molecule has 0 unspecified atom stereocenters. The van der Waals surface area contributed by atoms with E-state index < -0.39 is 0 Å². The van der Waals surface area contributed by atoms with Crippen molar-refractivity contribution in [1.29, 1.82) is 5.41 Å². The number of nitrogens with two attached hydrogens (primary N) is 1. The van der Waals surface area contributed by atoms with Crippen molar-refractivity contribution in [3.8, 4) is 5.88 Å². The van der Waals surface area contributed by atoms with E-state index in [4.69, 9.17) is 15.9 Å². The molecule has 13 heavy (non-hydrogen) atoms. The van der Waals surface area contributed by atoms with Crippen molar-refractivity contribution < 1.29 is 4.74 Å². The zero-order valence-electron chi connectivity index (χ0n) is 7.66. The molecule has 0 radical (unpaired) electrons. The third-order valence-corrected chi connectivity index (χ3v) is 1.55. The van der Waals surface area contributed by atoms with Crippen LogP contribution < -0.4 is 10.5 Å². The van der Waals surface area contributed by atoms with Crippen LogP contribution in [0, 0.1) is 5.41 Å². The minimum Gasteiger partial charge on any atom is -0.481 e. The molecule has 5 nitrogen and oxygen atoms in total. The SMILES string of the molecule is CCc1nc(OC)cc(C(=N)N)n1. The second-order valence-electron chi connectivity index (χ2n) is 2.48. The van der Waals surface area contributed by atoms with E-state index in [1.165, 1.54) is 7.11 Å². The van der Waals surface area contributed by atoms with Crippen LogP contribution in [0.2, 0.25) is 0 Å². The molecule has 5 heteroatoms. The number of hydrogen-bond acceptors (Lipinski definition) is 4. The molecule has 0 aliphatic heterocycles. The van der Waals surface area contributed by atoms with E-state index in [1.807, 2.05) is 6.92 Å². The van der Waals surface area contributed by atoms with E-state index in [0.29, 0.717) is 23.8 Å². The molecule has 0 aliphatic rings. The lowest BCUT2D eigenvalue weighted by Crippen LogP contribution is -2.15. The average Bonchev–Trinajstić information content (AvgIpc) is 2.16. The summed E-state index contributed by atoms with van der Waals surface area (Å²) in [7, 11) is 1.52. The van der Waals surface area contributed by atoms with Crippen LogP contribution in [0.3, 0.4) is 0 Å². The number of nitrogens with zero attached hydrogens (tertiary/aromatic N) is 2. The molecule has 0 saturated carbocycles. The molecule has 3 N–H and O–H groups in total. The highest BCUT2D eigenvalue weighted by atomic mass is 16.5. The number of aryl methyl sites for hydroxylation is 1. The van der Waals surface area contributed by atoms with E-state index in [2.05, 4.69) is 9.97 Å². The summed E-state index contributed by atoms with van der Waals surface area (Å²) >= 11 is 0. The molecule has 0 aromatic carbocycles. The summed E-state index contributed by atoms with van der Waals surface area (Å²) < 4.78 is 4.94. The van der Waals surface area contributed by atoms with Gasteiger partial charge >= 0.3 is 0 Å². The lowest BCUT2D eigenvalue weighted by Gasteiger charge is -2.04. The number of methoxy groups -OCH3 is 1. The summed E-state index contributed by atoms with van der Waals surface area (Å²) in [6.45, 7) is 1.93. The van der Waals surface area contributed by atoms with Crippen molar-refractivity contribution in [2.45, 2.75) is 13.3 Å². The number of aromatic nitrogens is 2. The van der Waals surface area contributed by atoms with Crippen molar-refractivity contribution >= 4 is 5.84 Å². The van der Waals surface area contributed by atoms with Gasteiger partial charge in [-0.15, -0.1) is 0 Å². The Balaban J connectivity index is 3.14. The first-order valence-electron chi connectivity index (χ1n) is 3.93. The molecule has 0 aliphatic carbocycles. The fraction of sp³-hybridized carbons (Fsp3) is 0.375. The molecule has 0 fully saturated rings. The molecule has 1 aromatic heterocycles. The Kier molecular flexibility index (Phi) is 2.79. The molecular weight excluding hydrogens is 168 g/mol. The molecule has 0 saturated heterocycles. The first-order chi connectivity index (χ1) is 6.17. The molecule has 0 atom stereocenters. The van der Waals surface area contributed by atoms with Crippen LogP contribution in [0.5, 0.6) is 5.88 Å². The van der Waals surface area contributed by atoms with Gasteiger partial charge < -0.3 is 10.5 Å². The van der Waals surface area contributed by atoms with Gasteiger partial charge in [-0.1, -0.05) is 6.92 Å². The largest absolute Gasteiger partial charge is 0.481 e. The molecule has 70 valence electrons. The van der Waals surface area contributed by atoms with E-state index in [-0.39, 0.29) is 5.84 Å². The lowest BCUT2D eigenvalue weighted by atomic mass is 10.3. The first kappa shape index (κ1) is 9.44. The van der Waals surface area contributed by atoms with Gasteiger partial charge in [0, 0.05) is 12.5 Å². The van der Waals surface area contributed by atoms with Crippen LogP contribution in [0.4, 0.5) is 0 Å². The third-order valence-electron chi connectivity index (χ3n) is 1.55. The van der Waals surface area contributed by atoms with Crippen LogP contribution in [0.1, 0.15) is 18.4 Å². The standard InChI is InChI=1S/C8H12N4O/c1-3-6-11-5(8(9)10)4-7(12-6)13-2/h4H,3H2,1-2H3,(H3,9,10). The summed E-state index contributed by atoms with van der Waals surface area (Å²) in [5, 5.41) is 7.21. The fourth-order valence-corrected chi connectivity index (χ4v) is 0.873. The second kappa shape index (κ2) is 3.84. The Morgan fingerprint density at radius 3 is 2.77 bits per heavy atom. The zero-order chi connectivity index (χ0) is 9.84. The van der Waals surface area contributed by atoms with Crippen molar-refractivity contribution in [3.05, 3.63) is 17.6 Å². The number of rotatable bonds is 3. The minimum atomic E-state index is -0.0737. The van der Waals surface area contributed by atoms with Gasteiger partial charge in [-0.05, 0) is 0 Å². The maximum atomic E-state index is 7.21. The van der Waals surface area contributed by atoms with E-state index >= 15 is 0 Å². The summed E-state index contributed by atoms with van der Waals surface area (Å²) in [5.41, 5.74) is 5.70. The quantitative estimate of drug-likeness (QED) is 0.518. The molecule has 0 spiro atoms. The average molecular weight is 180 g/mol. The van der Waals surface area contributed by atoms with Gasteiger partial charge in [0.1, 0.15) is 17.4 Å². The van der Waals surface area contributed by atoms with Gasteiger partial charge in [0.2, 0.25) is 5.88 Å². The van der Waals surface area contributed by atoms with Gasteiger partial charge in [0.25, 0.3) is 0 Å². The number of amidine groups is 1. The summed E-state index contributed by atoms with van der Waals surface area (Å²) in [4.78, 5) is 8.13. The van der Waals surface area contributed by atoms with Crippen LogP contribution >= 0.6 is 0 Å². The summed E-state index contributed by atoms with van der Waals surface area (Å²) in [6.07, 6.45) is 0.692. The van der Waals surface area contributed by atoms with Crippen molar-refractivity contribution in [2.24, 2.45) is 5.73 Å². The van der Waals surface area contributed by atoms with Gasteiger partial charge in [-0.25, -0.2) is 4.98 Å². The Bertz CT molecular complexity index is 302. The van der Waals surface area contributed by atoms with Gasteiger partial charge in [-0.2, -0.15) is 4.98 Å². The monoisotopic (exact) mass is 180 g/mol. The van der Waals surface area contributed by atoms with E-state index in [9.17, 15) is 0 Å². The topological polar surface area (TPSA) is 84.9 Å². The molecule has 0 bridgehead atoms. The Morgan fingerprint density at radius 2 is 2.31 bits per heavy atom. The van der Waals surface area contributed by atoms with Crippen molar-refractivity contribution in [2.75, 3.05) is 7.11 Å². The number of hydrogen-bond donors (Lipinski definition) is 2. The lowest BCUT2D eigenvalue weighted by molar-refractivity contribution is 0.394. The number of nitrogen functional groups attached to an aromatic ring is 1. The van der Waals surface area contributed by atoms with E-state index in [0.717, 1.165) is 0 Å². The first-order valence-corrected chi connectivity index (χ1v) is 3.93. The van der Waals surface area contributed by atoms with Gasteiger partial charge in [-0.3, -0.25) is 5.41 Å². The van der Waals surface area contributed by atoms with Crippen LogP contribution in [0.25, 0.3) is 0 Å².